The van der Waals surface area contributed by atoms with Gasteiger partial charge in [-0.15, -0.1) is 0 Å². The van der Waals surface area contributed by atoms with Crippen LogP contribution in [0.5, 0.6) is 0 Å². The summed E-state index contributed by atoms with van der Waals surface area (Å²) in [6.45, 7) is 9.59. The Bertz CT molecular complexity index is 3440. The molecule has 2 aromatic carbocycles. The molecule has 1 aromatic heterocycles. The molecule has 2 saturated heterocycles. The molecule has 12 amide bonds. The summed E-state index contributed by atoms with van der Waals surface area (Å²) < 4.78 is 61.6. The Morgan fingerprint density at radius 2 is 1.20 bits per heavy atom. The van der Waals surface area contributed by atoms with E-state index in [0.717, 1.165) is 58.7 Å². The van der Waals surface area contributed by atoms with E-state index in [9.17, 15) is 60.7 Å². The third kappa shape index (κ3) is 24.2. The summed E-state index contributed by atoms with van der Waals surface area (Å²) in [5, 5.41) is 11.2. The fraction of sp³-hybridized carbons (Fsp3) is 0.592. The van der Waals surface area contributed by atoms with Gasteiger partial charge in [0.1, 0.15) is 54.2 Å². The molecule has 3 heterocycles. The van der Waals surface area contributed by atoms with Crippen molar-refractivity contribution in [3.8, 4) is 0 Å². The maximum absolute atomic E-state index is 15.4. The Kier molecular flexibility index (Phi) is 31.6. The summed E-state index contributed by atoms with van der Waals surface area (Å²) in [6, 6.07) is 0.0355. The first-order valence-corrected chi connectivity index (χ1v) is 34.6. The highest BCUT2D eigenvalue weighted by atomic mass is 35.5. The summed E-state index contributed by atoms with van der Waals surface area (Å²) >= 11 is 6.21. The first-order chi connectivity index (χ1) is 47.8. The van der Waals surface area contributed by atoms with Gasteiger partial charge in [0.05, 0.1) is 51.0 Å². The lowest BCUT2D eigenvalue weighted by Crippen LogP contribution is -2.61. The number of pyridine rings is 1. The Morgan fingerprint density at radius 1 is 0.608 bits per heavy atom. The smallest absolute Gasteiger partial charge is 0.374 e. The molecule has 0 radical (unpaired) electrons. The Hall–Kier alpha value is -8.80. The number of aryl methyl sites for hydroxylation is 1. The standard InChI is InChI=1S/C71H100ClF4N13O13/c1-15-44(6)62-70(101)84(10)38-60(92)82(8)39-61(93)86(12)56(33-47-20-25-50(72)26-21-47)68(99)83(9)37-58(90)78-52(27-22-46-18-23-49(24-19-46)71(74,75)76)64(95)79-53(30-42(2)3)66(97)88(14)57(41-102-40-48-32-51(73)36-77-35-48)69(100)87(13)55(31-43(4)5)65(96)80-54(67(98)89-28-16-17-29-89)34-59(91)85(11)45(7)63(94)81-62/h18-21,23-26,32,35-36,42-45,52-57,62H,15-17,22,27-31,33-34,37-41H2,1-14H3,(H,78,90)(H,79,95)(H,80,96)(H,81,94)/t44-,45-,52-,53-,54-,55-,56-,57-,62-/m0/s1. The lowest BCUT2D eigenvalue weighted by molar-refractivity contribution is -0.152. The number of rotatable bonds is 16. The van der Waals surface area contributed by atoms with Crippen molar-refractivity contribution in [2.24, 2.45) is 17.8 Å². The molecular formula is C71H100ClF4N13O13. The number of nitrogens with zero attached hydrogens (tertiary/aromatic N) is 9. The molecule has 5 rings (SSSR count). The molecule has 3 aromatic rings. The van der Waals surface area contributed by atoms with Crippen molar-refractivity contribution >= 4 is 82.5 Å². The van der Waals surface area contributed by atoms with Crippen LogP contribution in [0, 0.1) is 23.6 Å². The van der Waals surface area contributed by atoms with Crippen LogP contribution < -0.4 is 21.3 Å². The zero-order valence-electron chi connectivity index (χ0n) is 60.7. The first kappa shape index (κ1) is 83.9. The lowest BCUT2D eigenvalue weighted by Gasteiger charge is -2.37. The second kappa shape index (κ2) is 38.5. The van der Waals surface area contributed by atoms with E-state index in [1.807, 2.05) is 0 Å². The topological polar surface area (TPSA) is 301 Å². The fourth-order valence-corrected chi connectivity index (χ4v) is 11.9. The number of carbonyl (C=O) groups is 12. The van der Waals surface area contributed by atoms with Gasteiger partial charge >= 0.3 is 6.18 Å². The molecular weight excluding hydrogens is 1350 g/mol. The molecule has 0 spiro atoms. The highest BCUT2D eigenvalue weighted by Crippen LogP contribution is 2.30. The number of alkyl halides is 3. The Morgan fingerprint density at radius 3 is 1.78 bits per heavy atom. The van der Waals surface area contributed by atoms with E-state index in [4.69, 9.17) is 16.3 Å². The molecule has 0 aliphatic carbocycles. The van der Waals surface area contributed by atoms with Crippen molar-refractivity contribution in [2.75, 3.05) is 88.7 Å². The molecule has 2 fully saturated rings. The number of likely N-dealkylation sites (tertiary alicyclic amines) is 1. The number of hydrogen-bond donors (Lipinski definition) is 4. The van der Waals surface area contributed by atoms with E-state index >= 15 is 14.4 Å². The average Bonchev–Trinajstić information content (AvgIpc) is 0.949. The summed E-state index contributed by atoms with van der Waals surface area (Å²) in [4.78, 5) is 188. The number of halogens is 5. The number of likely N-dealkylation sites (N-methyl/N-ethyl adjacent to an activating group) is 7. The summed E-state index contributed by atoms with van der Waals surface area (Å²) in [6.07, 6.45) is -2.14. The average molecular weight is 1460 g/mol. The van der Waals surface area contributed by atoms with Crippen molar-refractivity contribution in [3.05, 3.63) is 100 Å². The molecule has 102 heavy (non-hydrogen) atoms. The van der Waals surface area contributed by atoms with Gasteiger partial charge in [-0.2, -0.15) is 13.2 Å². The zero-order valence-corrected chi connectivity index (χ0v) is 61.5. The predicted octanol–water partition coefficient (Wildman–Crippen LogP) is 4.09. The third-order valence-electron chi connectivity index (χ3n) is 18.5. The summed E-state index contributed by atoms with van der Waals surface area (Å²) in [7, 11) is 9.09. The van der Waals surface area contributed by atoms with Crippen LogP contribution in [0.1, 0.15) is 116 Å². The van der Waals surface area contributed by atoms with Crippen molar-refractivity contribution in [1.29, 1.82) is 0 Å². The first-order valence-electron chi connectivity index (χ1n) is 34.2. The van der Waals surface area contributed by atoms with Crippen molar-refractivity contribution in [1.82, 2.24) is 65.5 Å². The van der Waals surface area contributed by atoms with Gasteiger partial charge in [0.25, 0.3) is 0 Å². The molecule has 0 unspecified atom stereocenters. The summed E-state index contributed by atoms with van der Waals surface area (Å²) in [5.74, 6) is -11.6. The van der Waals surface area contributed by atoms with Crippen LogP contribution in [0.2, 0.25) is 5.02 Å². The number of hydrogen-bond acceptors (Lipinski definition) is 14. The minimum absolute atomic E-state index is 0.0453. The van der Waals surface area contributed by atoms with Gasteiger partial charge in [-0.1, -0.05) is 83.8 Å². The molecule has 4 N–H and O–H groups in total. The molecule has 31 heteroatoms. The quantitative estimate of drug-likeness (QED) is 0.147. The monoisotopic (exact) mass is 1450 g/mol. The maximum atomic E-state index is 15.4. The molecule has 0 saturated carbocycles. The number of carbonyl (C=O) groups excluding carboxylic acids is 12. The van der Waals surface area contributed by atoms with Crippen LogP contribution in [-0.4, -0.2) is 252 Å². The Balaban J connectivity index is 1.64. The SMILES string of the molecule is CC[C@H](C)[C@@H]1NC(=O)[C@H](C)N(C)C(=O)C[C@@H](C(=O)N2CCCC2)NC(=O)[C@H](CC(C)C)N(C)C(=O)[C@H](COCc2cncc(F)c2)N(C)C(=O)[C@H](CC(C)C)NC(=O)[C@H](CCc2ccc(C(F)(F)F)cc2)NC(=O)CN(C)C(=O)[C@H](Cc2ccc(Cl)cc2)N(C)C(=O)CN(C)C(=O)CN(C)C1=O. The van der Waals surface area contributed by atoms with E-state index in [0.29, 0.717) is 48.5 Å². The molecule has 2 aliphatic heterocycles. The van der Waals surface area contributed by atoms with Crippen molar-refractivity contribution in [3.63, 3.8) is 0 Å². The van der Waals surface area contributed by atoms with Crippen LogP contribution in [0.25, 0.3) is 0 Å². The van der Waals surface area contributed by atoms with E-state index in [1.165, 1.54) is 79.5 Å². The van der Waals surface area contributed by atoms with Gasteiger partial charge < -0.3 is 65.2 Å². The fourth-order valence-electron chi connectivity index (χ4n) is 11.8. The van der Waals surface area contributed by atoms with Gasteiger partial charge in [-0.3, -0.25) is 62.5 Å². The highest BCUT2D eigenvalue weighted by molar-refractivity contribution is 6.30. The van der Waals surface area contributed by atoms with Gasteiger partial charge in [0.2, 0.25) is 70.9 Å². The van der Waals surface area contributed by atoms with Crippen LogP contribution in [0.15, 0.2) is 67.0 Å². The normalized spacial score (nSPS) is 23.2. The second-order valence-electron chi connectivity index (χ2n) is 27.5. The molecule has 2 aliphatic rings. The van der Waals surface area contributed by atoms with Crippen LogP contribution >= 0.6 is 11.6 Å². The maximum Gasteiger partial charge on any atom is 0.416 e. The lowest BCUT2D eigenvalue weighted by atomic mass is 9.97. The van der Waals surface area contributed by atoms with Gasteiger partial charge in [-0.25, -0.2) is 4.39 Å². The van der Waals surface area contributed by atoms with Gasteiger partial charge in [-0.05, 0) is 110 Å². The molecule has 0 bridgehead atoms. The van der Waals surface area contributed by atoms with Crippen LogP contribution in [0.4, 0.5) is 17.6 Å². The highest BCUT2D eigenvalue weighted by Gasteiger charge is 2.42. The van der Waals surface area contributed by atoms with E-state index in [2.05, 4.69) is 26.3 Å². The van der Waals surface area contributed by atoms with Gasteiger partial charge in [0.15, 0.2) is 0 Å². The number of nitrogens with one attached hydrogen (secondary N) is 4. The largest absolute Gasteiger partial charge is 0.416 e. The van der Waals surface area contributed by atoms with Crippen molar-refractivity contribution < 1.29 is 79.8 Å². The number of aromatic nitrogens is 1. The number of amides is 12. The Labute approximate surface area is 599 Å². The predicted molar refractivity (Wildman–Crippen MR) is 370 cm³/mol. The van der Waals surface area contributed by atoms with Gasteiger partial charge in [0, 0.05) is 80.1 Å². The van der Waals surface area contributed by atoms with E-state index in [-0.39, 0.29) is 56.1 Å². The third-order valence-corrected chi connectivity index (χ3v) is 18.8. The number of benzene rings is 2. The molecule has 562 valence electrons. The second-order valence-corrected chi connectivity index (χ2v) is 27.9. The summed E-state index contributed by atoms with van der Waals surface area (Å²) in [5.41, 5.74) is 0.144. The number of ether oxygens (including phenoxy) is 1. The molecule has 26 nitrogen and oxygen atoms in total. The van der Waals surface area contributed by atoms with E-state index < -0.39 is 175 Å². The van der Waals surface area contributed by atoms with Crippen LogP contribution in [-0.2, 0) is 87.9 Å². The minimum atomic E-state index is -4.68. The minimum Gasteiger partial charge on any atom is -0.374 e. The van der Waals surface area contributed by atoms with Crippen molar-refractivity contribution in [2.45, 2.75) is 167 Å². The van der Waals surface area contributed by atoms with Crippen LogP contribution in [0.3, 0.4) is 0 Å². The zero-order chi connectivity index (χ0) is 76.2. The molecule has 9 atom stereocenters. The van der Waals surface area contributed by atoms with E-state index in [1.54, 1.807) is 65.8 Å².